The summed E-state index contributed by atoms with van der Waals surface area (Å²) in [5.41, 5.74) is 1.59. The van der Waals surface area contributed by atoms with E-state index in [9.17, 15) is 20.2 Å². The van der Waals surface area contributed by atoms with E-state index in [0.29, 0.717) is 33.9 Å². The predicted molar refractivity (Wildman–Crippen MR) is 131 cm³/mol. The Morgan fingerprint density at radius 3 is 2.61 bits per heavy atom. The molecule has 9 heteroatoms. The van der Waals surface area contributed by atoms with E-state index in [1.807, 2.05) is 19.1 Å². The number of rotatable bonds is 6. The van der Waals surface area contributed by atoms with Crippen LogP contribution in [0.5, 0.6) is 11.5 Å². The lowest BCUT2D eigenvalue weighted by Gasteiger charge is -2.25. The van der Waals surface area contributed by atoms with Crippen molar-refractivity contribution in [1.29, 1.82) is 5.26 Å². The van der Waals surface area contributed by atoms with E-state index in [0.717, 1.165) is 5.56 Å². The largest absolute Gasteiger partial charge is 0.493 e. The first-order valence-electron chi connectivity index (χ1n) is 11.5. The summed E-state index contributed by atoms with van der Waals surface area (Å²) in [6.45, 7) is 2.01. The van der Waals surface area contributed by atoms with Crippen molar-refractivity contribution in [3.63, 3.8) is 0 Å². The molecule has 2 aliphatic heterocycles. The van der Waals surface area contributed by atoms with E-state index in [2.05, 4.69) is 16.7 Å². The molecular formula is C27H24N4O5. The van der Waals surface area contributed by atoms with Crippen molar-refractivity contribution < 1.29 is 19.2 Å². The molecule has 0 unspecified atom stereocenters. The van der Waals surface area contributed by atoms with Gasteiger partial charge in [-0.05, 0) is 36.8 Å². The molecule has 5 rings (SSSR count). The smallest absolute Gasteiger partial charge is 0.256 e. The van der Waals surface area contributed by atoms with Gasteiger partial charge in [0, 0.05) is 27.8 Å². The van der Waals surface area contributed by atoms with Crippen LogP contribution in [0.4, 0.5) is 5.69 Å². The van der Waals surface area contributed by atoms with Crippen molar-refractivity contribution in [1.82, 2.24) is 5.32 Å². The molecule has 36 heavy (non-hydrogen) atoms. The van der Waals surface area contributed by atoms with Crippen LogP contribution >= 0.6 is 0 Å². The fourth-order valence-electron chi connectivity index (χ4n) is 5.47. The Hall–Kier alpha value is -4.42. The van der Waals surface area contributed by atoms with Crippen LogP contribution in [0.3, 0.4) is 0 Å². The molecule has 2 aliphatic rings. The molecule has 3 aromatic rings. The first-order valence-corrected chi connectivity index (χ1v) is 11.5. The maximum Gasteiger partial charge on any atom is 0.256 e. The van der Waals surface area contributed by atoms with Crippen LogP contribution in [0.25, 0.3) is 0 Å². The number of ether oxygens (including phenoxy) is 2. The van der Waals surface area contributed by atoms with Crippen LogP contribution in [0.2, 0.25) is 0 Å². The summed E-state index contributed by atoms with van der Waals surface area (Å²) in [7, 11) is 1.50. The number of carbonyl (C=O) groups is 1. The van der Waals surface area contributed by atoms with E-state index in [4.69, 9.17) is 9.47 Å². The van der Waals surface area contributed by atoms with E-state index >= 15 is 0 Å². The molecule has 4 atom stereocenters. The second-order valence-corrected chi connectivity index (χ2v) is 8.96. The molecular weight excluding hydrogens is 460 g/mol. The number of nitrogens with one attached hydrogen (secondary N) is 2. The van der Waals surface area contributed by atoms with Crippen molar-refractivity contribution in [2.75, 3.05) is 12.4 Å². The summed E-state index contributed by atoms with van der Waals surface area (Å²) in [5.74, 6) is -0.181. The third-order valence-electron chi connectivity index (χ3n) is 7.06. The second-order valence-electron chi connectivity index (χ2n) is 8.96. The third kappa shape index (κ3) is 3.54. The summed E-state index contributed by atoms with van der Waals surface area (Å²) in [5, 5.41) is 27.9. The normalized spacial score (nSPS) is 24.1. The lowest BCUT2D eigenvalue weighted by atomic mass is 9.78. The molecule has 1 amide bonds. The highest BCUT2D eigenvalue weighted by molar-refractivity contribution is 6.07. The van der Waals surface area contributed by atoms with Gasteiger partial charge in [-0.2, -0.15) is 5.26 Å². The molecule has 1 fully saturated rings. The summed E-state index contributed by atoms with van der Waals surface area (Å²) in [4.78, 5) is 25.3. The molecule has 1 saturated heterocycles. The minimum atomic E-state index is -1.48. The van der Waals surface area contributed by atoms with Gasteiger partial charge in [0.1, 0.15) is 6.61 Å². The zero-order valence-electron chi connectivity index (χ0n) is 19.7. The quantitative estimate of drug-likeness (QED) is 0.403. The van der Waals surface area contributed by atoms with E-state index < -0.39 is 23.4 Å². The number of anilines is 1. The SMILES string of the molecule is COc1cc([C@@H]2[C@H](C)N[C@@]3(C(=O)Nc4ccccc43)[C@H]2[N+](=O)[O-])ccc1OCc1ccccc1C#N. The number of nitriles is 1. The van der Waals surface area contributed by atoms with Crippen molar-refractivity contribution in [2.24, 2.45) is 0 Å². The van der Waals surface area contributed by atoms with Crippen LogP contribution in [0.15, 0.2) is 66.7 Å². The number of amides is 1. The molecule has 0 bridgehead atoms. The Labute approximate surface area is 207 Å². The van der Waals surface area contributed by atoms with Gasteiger partial charge in [0.2, 0.25) is 0 Å². The monoisotopic (exact) mass is 484 g/mol. The van der Waals surface area contributed by atoms with Gasteiger partial charge < -0.3 is 14.8 Å². The average Bonchev–Trinajstić information content (AvgIpc) is 3.36. The van der Waals surface area contributed by atoms with Gasteiger partial charge in [0.15, 0.2) is 17.0 Å². The van der Waals surface area contributed by atoms with E-state index in [-0.39, 0.29) is 17.6 Å². The lowest BCUT2D eigenvalue weighted by molar-refractivity contribution is -0.532. The first kappa shape index (κ1) is 23.3. The predicted octanol–water partition coefficient (Wildman–Crippen LogP) is 3.71. The van der Waals surface area contributed by atoms with Gasteiger partial charge >= 0.3 is 0 Å². The lowest BCUT2D eigenvalue weighted by Crippen LogP contribution is -2.54. The molecule has 1 spiro atoms. The summed E-state index contributed by atoms with van der Waals surface area (Å²) in [6.07, 6.45) is 0. The molecule has 2 N–H and O–H groups in total. The molecule has 0 saturated carbocycles. The van der Waals surface area contributed by atoms with Gasteiger partial charge in [0.05, 0.1) is 24.7 Å². The molecule has 0 aliphatic carbocycles. The van der Waals surface area contributed by atoms with Crippen molar-refractivity contribution in [3.05, 3.63) is 99.1 Å². The van der Waals surface area contributed by atoms with Crippen molar-refractivity contribution in [3.8, 4) is 17.6 Å². The number of carbonyl (C=O) groups excluding carboxylic acids is 1. The summed E-state index contributed by atoms with van der Waals surface area (Å²) in [6, 6.07) is 19.9. The Balaban J connectivity index is 1.49. The highest BCUT2D eigenvalue weighted by Gasteiger charge is 2.67. The number of nitrogens with zero attached hydrogens (tertiary/aromatic N) is 2. The Morgan fingerprint density at radius 1 is 1.11 bits per heavy atom. The van der Waals surface area contributed by atoms with Crippen LogP contribution in [-0.2, 0) is 16.9 Å². The maximum absolute atomic E-state index is 13.2. The van der Waals surface area contributed by atoms with Crippen molar-refractivity contribution >= 4 is 11.6 Å². The maximum atomic E-state index is 13.2. The second kappa shape index (κ2) is 8.98. The summed E-state index contributed by atoms with van der Waals surface area (Å²) >= 11 is 0. The highest BCUT2D eigenvalue weighted by atomic mass is 16.6. The topological polar surface area (TPSA) is 127 Å². The average molecular weight is 485 g/mol. The number of hydrogen-bond donors (Lipinski definition) is 2. The van der Waals surface area contributed by atoms with Crippen LogP contribution in [0.1, 0.15) is 35.1 Å². The first-order chi connectivity index (χ1) is 17.4. The standard InChI is InChI=1S/C27H24N4O5/c1-16-24(25(31(33)34)27(30-16)20-9-5-6-10-21(20)29-26(27)32)17-11-12-22(23(13-17)35-2)36-15-19-8-4-3-7-18(19)14-28/h3-13,16,24-25,30H,15H2,1-2H3,(H,29,32)/t16-,24-,25-,27+/m0/s1. The Kier molecular flexibility index (Phi) is 5.82. The summed E-state index contributed by atoms with van der Waals surface area (Å²) < 4.78 is 11.5. The fourth-order valence-corrected chi connectivity index (χ4v) is 5.47. The molecule has 9 nitrogen and oxygen atoms in total. The Morgan fingerprint density at radius 2 is 1.86 bits per heavy atom. The van der Waals surface area contributed by atoms with Crippen LogP contribution in [0, 0.1) is 21.4 Å². The van der Waals surface area contributed by atoms with E-state index in [1.165, 1.54) is 7.11 Å². The number of methoxy groups -OCH3 is 1. The minimum absolute atomic E-state index is 0.165. The molecule has 3 aromatic carbocycles. The van der Waals surface area contributed by atoms with Gasteiger partial charge in [-0.1, -0.05) is 42.5 Å². The molecule has 182 valence electrons. The van der Waals surface area contributed by atoms with E-state index in [1.54, 1.807) is 54.6 Å². The molecule has 2 heterocycles. The third-order valence-corrected chi connectivity index (χ3v) is 7.06. The molecule has 0 radical (unpaired) electrons. The number of fused-ring (bicyclic) bond motifs is 2. The number of para-hydroxylation sites is 1. The van der Waals surface area contributed by atoms with Gasteiger partial charge in [-0.3, -0.25) is 20.2 Å². The van der Waals surface area contributed by atoms with Crippen LogP contribution < -0.4 is 20.1 Å². The fraction of sp³-hybridized carbons (Fsp3) is 0.259. The van der Waals surface area contributed by atoms with Gasteiger partial charge in [-0.15, -0.1) is 0 Å². The van der Waals surface area contributed by atoms with Gasteiger partial charge in [0.25, 0.3) is 11.9 Å². The zero-order valence-corrected chi connectivity index (χ0v) is 19.7. The van der Waals surface area contributed by atoms with Crippen molar-refractivity contribution in [2.45, 2.75) is 37.1 Å². The number of hydrogen-bond acceptors (Lipinski definition) is 7. The minimum Gasteiger partial charge on any atom is -0.493 e. The number of nitro groups is 1. The molecule has 0 aromatic heterocycles. The highest BCUT2D eigenvalue weighted by Crippen LogP contribution is 2.50. The van der Waals surface area contributed by atoms with Gasteiger partial charge in [-0.25, -0.2) is 0 Å². The number of benzene rings is 3. The Bertz CT molecular complexity index is 1400. The zero-order chi connectivity index (χ0) is 25.4. The van der Waals surface area contributed by atoms with Crippen LogP contribution in [-0.4, -0.2) is 30.0 Å².